The number of Topliss-reactive ketones (excluding diaryl/α,β-unsaturated/α-hetero) is 1. The third-order valence-electron chi connectivity index (χ3n) is 4.85. The first kappa shape index (κ1) is 22.1. The normalized spacial score (nSPS) is 14.1. The van der Waals surface area contributed by atoms with Crippen LogP contribution in [0.1, 0.15) is 23.2 Å². The quantitative estimate of drug-likeness (QED) is 0.668. The third-order valence-corrected chi connectivity index (χ3v) is 4.85. The maximum Gasteiger partial charge on any atom is 0.220 e. The van der Waals surface area contributed by atoms with Gasteiger partial charge in [-0.25, -0.2) is 0 Å². The van der Waals surface area contributed by atoms with Crippen LogP contribution in [0.5, 0.6) is 0 Å². The minimum Gasteiger partial charge on any atom is -0.355 e. The predicted octanol–water partition coefficient (Wildman–Crippen LogP) is 2.76. The molecule has 1 aliphatic heterocycles. The van der Waals surface area contributed by atoms with Crippen LogP contribution >= 0.6 is 12.4 Å². The summed E-state index contributed by atoms with van der Waals surface area (Å²) < 4.78 is 0. The summed E-state index contributed by atoms with van der Waals surface area (Å²) in [5, 5.41) is 6.22. The Morgan fingerprint density at radius 2 is 1.54 bits per heavy atom. The van der Waals surface area contributed by atoms with Gasteiger partial charge >= 0.3 is 0 Å². The highest BCUT2D eigenvalue weighted by Crippen LogP contribution is 2.19. The molecule has 0 radical (unpaired) electrons. The van der Waals surface area contributed by atoms with Crippen molar-refractivity contribution in [2.24, 2.45) is 0 Å². The number of nitrogens with zero attached hydrogens (tertiary/aromatic N) is 1. The van der Waals surface area contributed by atoms with Gasteiger partial charge in [-0.1, -0.05) is 54.6 Å². The van der Waals surface area contributed by atoms with Crippen LogP contribution in [-0.2, 0) is 4.79 Å². The molecule has 6 heteroatoms. The van der Waals surface area contributed by atoms with E-state index in [2.05, 4.69) is 15.5 Å². The van der Waals surface area contributed by atoms with Gasteiger partial charge in [0.25, 0.3) is 0 Å². The van der Waals surface area contributed by atoms with E-state index in [1.165, 1.54) is 0 Å². The summed E-state index contributed by atoms with van der Waals surface area (Å²) in [4.78, 5) is 26.6. The number of hydrogen-bond donors (Lipinski definition) is 2. The Balaban J connectivity index is 0.00000280. The van der Waals surface area contributed by atoms with Gasteiger partial charge in [0, 0.05) is 57.7 Å². The van der Waals surface area contributed by atoms with Crippen LogP contribution in [0.2, 0.25) is 0 Å². The summed E-state index contributed by atoms with van der Waals surface area (Å²) in [6.45, 7) is 5.55. The van der Waals surface area contributed by atoms with Crippen LogP contribution < -0.4 is 10.6 Å². The van der Waals surface area contributed by atoms with Crippen molar-refractivity contribution >= 4 is 24.1 Å². The van der Waals surface area contributed by atoms with Gasteiger partial charge < -0.3 is 10.6 Å². The maximum absolute atomic E-state index is 12.3. The highest BCUT2D eigenvalue weighted by molar-refractivity contribution is 5.98. The van der Waals surface area contributed by atoms with Crippen LogP contribution in [-0.4, -0.2) is 55.9 Å². The van der Waals surface area contributed by atoms with Gasteiger partial charge in [0.2, 0.25) is 5.91 Å². The van der Waals surface area contributed by atoms with Gasteiger partial charge in [-0.3, -0.25) is 14.5 Å². The fourth-order valence-corrected chi connectivity index (χ4v) is 3.23. The predicted molar refractivity (Wildman–Crippen MR) is 115 cm³/mol. The molecule has 0 bridgehead atoms. The number of hydrogen-bond acceptors (Lipinski definition) is 4. The zero-order valence-corrected chi connectivity index (χ0v) is 16.8. The smallest absolute Gasteiger partial charge is 0.220 e. The Morgan fingerprint density at radius 1 is 0.893 bits per heavy atom. The second kappa shape index (κ2) is 11.6. The number of ketones is 1. The lowest BCUT2D eigenvalue weighted by Gasteiger charge is -2.27. The number of rotatable bonds is 8. The Kier molecular flexibility index (Phi) is 9.14. The van der Waals surface area contributed by atoms with E-state index in [1.54, 1.807) is 0 Å². The molecular weight excluding hydrogens is 374 g/mol. The molecule has 1 aliphatic rings. The van der Waals surface area contributed by atoms with Crippen molar-refractivity contribution in [3.05, 3.63) is 60.2 Å². The Bertz CT molecular complexity index is 744. The summed E-state index contributed by atoms with van der Waals surface area (Å²) in [5.74, 6) is -0.0498. The molecule has 0 atom stereocenters. The van der Waals surface area contributed by atoms with E-state index in [9.17, 15) is 9.59 Å². The van der Waals surface area contributed by atoms with Gasteiger partial charge in [-0.15, -0.1) is 12.4 Å². The lowest BCUT2D eigenvalue weighted by atomic mass is 10.0. The van der Waals surface area contributed by atoms with E-state index in [4.69, 9.17) is 0 Å². The lowest BCUT2D eigenvalue weighted by molar-refractivity contribution is -0.121. The molecule has 1 heterocycles. The van der Waals surface area contributed by atoms with Crippen LogP contribution in [0.25, 0.3) is 11.1 Å². The average Bonchev–Trinajstić information content (AvgIpc) is 2.73. The van der Waals surface area contributed by atoms with Crippen molar-refractivity contribution in [2.75, 3.05) is 39.3 Å². The summed E-state index contributed by atoms with van der Waals surface area (Å²) in [6.07, 6.45) is 0.477. The number of nitrogens with one attached hydrogen (secondary N) is 2. The molecule has 0 unspecified atom stereocenters. The highest BCUT2D eigenvalue weighted by atomic mass is 35.5. The Labute approximate surface area is 172 Å². The van der Waals surface area contributed by atoms with Gasteiger partial charge in [0.15, 0.2) is 5.78 Å². The molecule has 5 nitrogen and oxygen atoms in total. The van der Waals surface area contributed by atoms with E-state index < -0.39 is 0 Å². The van der Waals surface area contributed by atoms with Crippen LogP contribution in [0.4, 0.5) is 0 Å². The minimum absolute atomic E-state index is 0. The van der Waals surface area contributed by atoms with E-state index in [-0.39, 0.29) is 36.9 Å². The highest BCUT2D eigenvalue weighted by Gasteiger charge is 2.11. The lowest BCUT2D eigenvalue weighted by Crippen LogP contribution is -2.46. The molecule has 0 saturated carbocycles. The van der Waals surface area contributed by atoms with E-state index in [0.717, 1.165) is 43.9 Å². The molecule has 2 N–H and O–H groups in total. The monoisotopic (exact) mass is 401 g/mol. The van der Waals surface area contributed by atoms with E-state index in [0.29, 0.717) is 12.1 Å². The first-order chi connectivity index (χ1) is 13.2. The third kappa shape index (κ3) is 6.75. The molecule has 28 heavy (non-hydrogen) atoms. The van der Waals surface area contributed by atoms with Gasteiger partial charge in [-0.05, 0) is 11.1 Å². The van der Waals surface area contributed by atoms with Crippen LogP contribution in [0, 0.1) is 0 Å². The molecule has 2 aromatic rings. The van der Waals surface area contributed by atoms with Crippen molar-refractivity contribution < 1.29 is 9.59 Å². The van der Waals surface area contributed by atoms with E-state index in [1.807, 2.05) is 54.6 Å². The average molecular weight is 402 g/mol. The fourth-order valence-electron chi connectivity index (χ4n) is 3.23. The van der Waals surface area contributed by atoms with Crippen LogP contribution in [0.15, 0.2) is 54.6 Å². The molecule has 1 fully saturated rings. The zero-order valence-electron chi connectivity index (χ0n) is 16.0. The number of halogens is 1. The number of amides is 1. The van der Waals surface area contributed by atoms with Gasteiger partial charge in [-0.2, -0.15) is 0 Å². The largest absolute Gasteiger partial charge is 0.355 e. The van der Waals surface area contributed by atoms with Crippen molar-refractivity contribution in [3.8, 4) is 11.1 Å². The second-order valence-electron chi connectivity index (χ2n) is 6.81. The summed E-state index contributed by atoms with van der Waals surface area (Å²) in [6, 6.07) is 17.6. The first-order valence-corrected chi connectivity index (χ1v) is 9.61. The molecule has 0 aromatic heterocycles. The molecule has 150 valence electrons. The maximum atomic E-state index is 12.3. The molecule has 1 amide bonds. The number of benzene rings is 2. The number of carbonyl (C=O) groups excluding carboxylic acids is 2. The fraction of sp³-hybridized carbons (Fsp3) is 0.364. The second-order valence-corrected chi connectivity index (χ2v) is 6.81. The topological polar surface area (TPSA) is 61.4 Å². The van der Waals surface area contributed by atoms with Crippen molar-refractivity contribution in [1.82, 2.24) is 15.5 Å². The zero-order chi connectivity index (χ0) is 18.9. The van der Waals surface area contributed by atoms with Gasteiger partial charge in [0.05, 0.1) is 0 Å². The van der Waals surface area contributed by atoms with Crippen LogP contribution in [0.3, 0.4) is 0 Å². The van der Waals surface area contributed by atoms with Crippen molar-refractivity contribution in [3.63, 3.8) is 0 Å². The van der Waals surface area contributed by atoms with Crippen molar-refractivity contribution in [2.45, 2.75) is 12.8 Å². The molecule has 0 spiro atoms. The summed E-state index contributed by atoms with van der Waals surface area (Å²) in [5.41, 5.74) is 2.86. The number of carbonyl (C=O) groups is 2. The standard InChI is InChI=1S/C22H27N3O2.ClH/c26-21(10-11-22(27)24-14-17-25-15-12-23-13-16-25)20-8-6-19(7-9-20)18-4-2-1-3-5-18;/h1-9,23H,10-17H2,(H,24,27);1H. The Morgan fingerprint density at radius 3 is 2.21 bits per heavy atom. The Hall–Kier alpha value is -2.21. The molecule has 0 aliphatic carbocycles. The summed E-state index contributed by atoms with van der Waals surface area (Å²) in [7, 11) is 0. The first-order valence-electron chi connectivity index (χ1n) is 9.61. The van der Waals surface area contributed by atoms with Gasteiger partial charge in [0.1, 0.15) is 0 Å². The van der Waals surface area contributed by atoms with E-state index >= 15 is 0 Å². The van der Waals surface area contributed by atoms with Crippen molar-refractivity contribution in [1.29, 1.82) is 0 Å². The molecule has 1 saturated heterocycles. The molecular formula is C22H28ClN3O2. The molecule has 3 rings (SSSR count). The molecule has 2 aromatic carbocycles. The minimum atomic E-state index is -0.0561. The number of piperazine rings is 1. The SMILES string of the molecule is Cl.O=C(CCC(=O)c1ccc(-c2ccccc2)cc1)NCCN1CCNCC1. The summed E-state index contributed by atoms with van der Waals surface area (Å²) >= 11 is 0.